The maximum Gasteiger partial charge on any atom is 0.135 e. The Hall–Kier alpha value is -1.35. The number of ether oxygens (including phenoxy) is 1. The zero-order chi connectivity index (χ0) is 11.4. The van der Waals surface area contributed by atoms with E-state index in [-0.39, 0.29) is 0 Å². The lowest BCUT2D eigenvalue weighted by Gasteiger charge is -2.07. The van der Waals surface area contributed by atoms with Crippen LogP contribution in [0.3, 0.4) is 0 Å². The Bertz CT molecular complexity index is 462. The molecule has 0 aliphatic rings. The summed E-state index contributed by atoms with van der Waals surface area (Å²) in [5.41, 5.74) is 2.27. The normalized spacial score (nSPS) is 11.1. The minimum absolute atomic E-state index is 0.582. The first kappa shape index (κ1) is 11.1. The van der Waals surface area contributed by atoms with Crippen molar-refractivity contribution in [2.45, 2.75) is 32.9 Å². The number of rotatable bonds is 5. The molecule has 0 unspecified atom stereocenters. The number of hydrogen-bond donors (Lipinski definition) is 0. The van der Waals surface area contributed by atoms with Crippen molar-refractivity contribution < 1.29 is 4.74 Å². The maximum atomic E-state index is 5.19. The van der Waals surface area contributed by atoms with Crippen LogP contribution in [0.25, 0.3) is 11.0 Å². The Morgan fingerprint density at radius 2 is 2.12 bits per heavy atom. The molecule has 0 spiro atoms. The standard InChI is InChI=1S/C13H18N2O/c1-3-4-9-15-12-8-6-5-7-11(12)14-13(15)10-16-2/h5-8H,3-4,9-10H2,1-2H3. The van der Waals surface area contributed by atoms with E-state index in [1.165, 1.54) is 18.4 Å². The Balaban J connectivity index is 2.42. The monoisotopic (exact) mass is 218 g/mol. The van der Waals surface area contributed by atoms with E-state index in [1.807, 2.05) is 6.07 Å². The van der Waals surface area contributed by atoms with Gasteiger partial charge in [0.05, 0.1) is 11.0 Å². The van der Waals surface area contributed by atoms with Crippen molar-refractivity contribution in [3.63, 3.8) is 0 Å². The molecular weight excluding hydrogens is 200 g/mol. The molecule has 0 aliphatic carbocycles. The maximum absolute atomic E-state index is 5.19. The number of para-hydroxylation sites is 2. The van der Waals surface area contributed by atoms with Gasteiger partial charge in [0.2, 0.25) is 0 Å². The lowest BCUT2D eigenvalue weighted by atomic mass is 10.3. The third-order valence-corrected chi connectivity index (χ3v) is 2.74. The second kappa shape index (κ2) is 5.12. The number of hydrogen-bond acceptors (Lipinski definition) is 2. The summed E-state index contributed by atoms with van der Waals surface area (Å²) in [6, 6.07) is 8.26. The van der Waals surface area contributed by atoms with Crippen LogP contribution in [0, 0.1) is 0 Å². The van der Waals surface area contributed by atoms with Crippen molar-refractivity contribution in [1.29, 1.82) is 0 Å². The zero-order valence-electron chi connectivity index (χ0n) is 9.94. The molecule has 16 heavy (non-hydrogen) atoms. The summed E-state index contributed by atoms with van der Waals surface area (Å²) in [5.74, 6) is 1.03. The van der Waals surface area contributed by atoms with E-state index in [0.717, 1.165) is 17.9 Å². The molecule has 0 saturated heterocycles. The molecule has 1 heterocycles. The van der Waals surface area contributed by atoms with E-state index in [9.17, 15) is 0 Å². The largest absolute Gasteiger partial charge is 0.377 e. The predicted molar refractivity (Wildman–Crippen MR) is 65.4 cm³/mol. The Morgan fingerprint density at radius 3 is 2.88 bits per heavy atom. The van der Waals surface area contributed by atoms with E-state index in [1.54, 1.807) is 7.11 Å². The molecule has 3 heteroatoms. The molecule has 1 aromatic carbocycles. The molecule has 0 amide bonds. The Kier molecular flexibility index (Phi) is 3.57. The molecule has 0 saturated carbocycles. The van der Waals surface area contributed by atoms with Crippen molar-refractivity contribution in [1.82, 2.24) is 9.55 Å². The first-order chi connectivity index (χ1) is 7.86. The van der Waals surface area contributed by atoms with Gasteiger partial charge >= 0.3 is 0 Å². The fourth-order valence-corrected chi connectivity index (χ4v) is 1.93. The van der Waals surface area contributed by atoms with Crippen molar-refractivity contribution in [2.75, 3.05) is 7.11 Å². The number of imidazole rings is 1. The van der Waals surface area contributed by atoms with Crippen LogP contribution >= 0.6 is 0 Å². The van der Waals surface area contributed by atoms with Gasteiger partial charge in [0.1, 0.15) is 12.4 Å². The number of benzene rings is 1. The highest BCUT2D eigenvalue weighted by Gasteiger charge is 2.08. The minimum atomic E-state index is 0.582. The third kappa shape index (κ3) is 2.09. The molecule has 1 aromatic heterocycles. The summed E-state index contributed by atoms with van der Waals surface area (Å²) in [4.78, 5) is 4.59. The van der Waals surface area contributed by atoms with E-state index >= 15 is 0 Å². The van der Waals surface area contributed by atoms with E-state index in [2.05, 4.69) is 34.7 Å². The second-order valence-electron chi connectivity index (χ2n) is 3.95. The van der Waals surface area contributed by atoms with Gasteiger partial charge in [0, 0.05) is 13.7 Å². The van der Waals surface area contributed by atoms with Crippen LogP contribution in [0.1, 0.15) is 25.6 Å². The molecule has 0 N–H and O–H groups in total. The molecule has 2 aromatic rings. The minimum Gasteiger partial charge on any atom is -0.377 e. The summed E-state index contributed by atoms with van der Waals surface area (Å²) in [6.45, 7) is 3.81. The lowest BCUT2D eigenvalue weighted by Crippen LogP contribution is -2.04. The number of aromatic nitrogens is 2. The van der Waals surface area contributed by atoms with Crippen molar-refractivity contribution in [2.24, 2.45) is 0 Å². The first-order valence-corrected chi connectivity index (χ1v) is 5.80. The fraction of sp³-hybridized carbons (Fsp3) is 0.462. The number of aryl methyl sites for hydroxylation is 1. The van der Waals surface area contributed by atoms with Gasteiger partial charge in [-0.1, -0.05) is 25.5 Å². The average molecular weight is 218 g/mol. The van der Waals surface area contributed by atoms with Crippen LogP contribution in [-0.4, -0.2) is 16.7 Å². The number of methoxy groups -OCH3 is 1. The van der Waals surface area contributed by atoms with Gasteiger partial charge in [0.15, 0.2) is 0 Å². The summed E-state index contributed by atoms with van der Waals surface area (Å²) in [7, 11) is 1.71. The fourth-order valence-electron chi connectivity index (χ4n) is 1.93. The number of fused-ring (bicyclic) bond motifs is 1. The summed E-state index contributed by atoms with van der Waals surface area (Å²) < 4.78 is 7.46. The van der Waals surface area contributed by atoms with Crippen LogP contribution in [0.15, 0.2) is 24.3 Å². The highest BCUT2D eigenvalue weighted by Crippen LogP contribution is 2.17. The van der Waals surface area contributed by atoms with Gasteiger partial charge in [-0.3, -0.25) is 0 Å². The number of nitrogens with zero attached hydrogens (tertiary/aromatic N) is 2. The summed E-state index contributed by atoms with van der Waals surface area (Å²) in [5, 5.41) is 0. The highest BCUT2D eigenvalue weighted by molar-refractivity contribution is 5.75. The van der Waals surface area contributed by atoms with Crippen LogP contribution in [0.4, 0.5) is 0 Å². The first-order valence-electron chi connectivity index (χ1n) is 5.80. The third-order valence-electron chi connectivity index (χ3n) is 2.74. The topological polar surface area (TPSA) is 27.1 Å². The molecular formula is C13H18N2O. The molecule has 0 radical (unpaired) electrons. The molecule has 0 aliphatic heterocycles. The Morgan fingerprint density at radius 1 is 1.31 bits per heavy atom. The van der Waals surface area contributed by atoms with Crippen molar-refractivity contribution in [3.8, 4) is 0 Å². The molecule has 0 bridgehead atoms. The van der Waals surface area contributed by atoms with Gasteiger partial charge in [-0.2, -0.15) is 0 Å². The van der Waals surface area contributed by atoms with Crippen LogP contribution in [0.2, 0.25) is 0 Å². The highest BCUT2D eigenvalue weighted by atomic mass is 16.5. The van der Waals surface area contributed by atoms with Gasteiger partial charge in [0.25, 0.3) is 0 Å². The van der Waals surface area contributed by atoms with Crippen molar-refractivity contribution in [3.05, 3.63) is 30.1 Å². The molecule has 2 rings (SSSR count). The molecule has 0 atom stereocenters. The van der Waals surface area contributed by atoms with E-state index in [4.69, 9.17) is 4.74 Å². The van der Waals surface area contributed by atoms with Gasteiger partial charge < -0.3 is 9.30 Å². The average Bonchev–Trinajstić information content (AvgIpc) is 2.65. The quantitative estimate of drug-likeness (QED) is 0.771. The summed E-state index contributed by atoms with van der Waals surface area (Å²) in [6.07, 6.45) is 2.37. The van der Waals surface area contributed by atoms with Gasteiger partial charge in [-0.05, 0) is 18.6 Å². The van der Waals surface area contributed by atoms with Gasteiger partial charge in [-0.15, -0.1) is 0 Å². The lowest BCUT2D eigenvalue weighted by molar-refractivity contribution is 0.174. The van der Waals surface area contributed by atoms with E-state index in [0.29, 0.717) is 6.61 Å². The van der Waals surface area contributed by atoms with Crippen LogP contribution in [0.5, 0.6) is 0 Å². The van der Waals surface area contributed by atoms with E-state index < -0.39 is 0 Å². The van der Waals surface area contributed by atoms with Crippen LogP contribution < -0.4 is 0 Å². The summed E-state index contributed by atoms with van der Waals surface area (Å²) >= 11 is 0. The zero-order valence-corrected chi connectivity index (χ0v) is 9.94. The predicted octanol–water partition coefficient (Wildman–Crippen LogP) is 2.98. The Labute approximate surface area is 96.1 Å². The molecule has 86 valence electrons. The molecule has 3 nitrogen and oxygen atoms in total. The van der Waals surface area contributed by atoms with Gasteiger partial charge in [-0.25, -0.2) is 4.98 Å². The molecule has 0 fully saturated rings. The SMILES string of the molecule is CCCCn1c(COC)nc2ccccc21. The number of unbranched alkanes of at least 4 members (excludes halogenated alkanes) is 1. The second-order valence-corrected chi connectivity index (χ2v) is 3.95. The van der Waals surface area contributed by atoms with Crippen molar-refractivity contribution >= 4 is 11.0 Å². The smallest absolute Gasteiger partial charge is 0.135 e. The van der Waals surface area contributed by atoms with Crippen LogP contribution in [-0.2, 0) is 17.9 Å².